The second-order valence-corrected chi connectivity index (χ2v) is 6.75. The van der Waals surface area contributed by atoms with Crippen molar-refractivity contribution in [3.8, 4) is 0 Å². The maximum Gasteiger partial charge on any atom is 0.147 e. The van der Waals surface area contributed by atoms with E-state index in [0.717, 1.165) is 10.7 Å². The first-order chi connectivity index (χ1) is 6.92. The Balaban J connectivity index is 2.65. The number of hydrogen-bond donors (Lipinski definition) is 2. The molecule has 0 spiro atoms. The van der Waals surface area contributed by atoms with Crippen molar-refractivity contribution in [2.75, 3.05) is 12.0 Å². The van der Waals surface area contributed by atoms with Crippen LogP contribution in [-0.2, 0) is 9.84 Å². The largest absolute Gasteiger partial charge is 0.271 e. The Kier molecular flexibility index (Phi) is 4.21. The van der Waals surface area contributed by atoms with Gasteiger partial charge in [0.1, 0.15) is 9.84 Å². The van der Waals surface area contributed by atoms with Crippen molar-refractivity contribution >= 4 is 21.2 Å². The lowest BCUT2D eigenvalue weighted by Gasteiger charge is -2.12. The lowest BCUT2D eigenvalue weighted by molar-refractivity contribution is 0.521. The number of thiazole rings is 1. The standard InChI is InChI=1S/C8H15N3O2S2/c1-6-10-8(5-14-6)7(11-9)3-4-15(2,12)13/h5,7,11H,3-4,9H2,1-2H3. The van der Waals surface area contributed by atoms with Crippen molar-refractivity contribution in [3.05, 3.63) is 16.1 Å². The summed E-state index contributed by atoms with van der Waals surface area (Å²) in [6.07, 6.45) is 1.66. The average Bonchev–Trinajstić information content (AvgIpc) is 2.51. The van der Waals surface area contributed by atoms with Gasteiger partial charge in [0.05, 0.1) is 22.5 Å². The molecule has 1 heterocycles. The van der Waals surface area contributed by atoms with E-state index in [1.807, 2.05) is 12.3 Å². The topological polar surface area (TPSA) is 85.1 Å². The normalized spacial score (nSPS) is 14.1. The first-order valence-corrected chi connectivity index (χ1v) is 7.42. The predicted molar refractivity (Wildman–Crippen MR) is 61.2 cm³/mol. The molecule has 3 N–H and O–H groups in total. The van der Waals surface area contributed by atoms with E-state index in [1.165, 1.54) is 17.6 Å². The highest BCUT2D eigenvalue weighted by Gasteiger charge is 2.15. The molecule has 15 heavy (non-hydrogen) atoms. The van der Waals surface area contributed by atoms with Gasteiger partial charge < -0.3 is 0 Å². The Bertz CT molecular complexity index is 413. The maximum atomic E-state index is 11.0. The summed E-state index contributed by atoms with van der Waals surface area (Å²) in [5.41, 5.74) is 3.39. The van der Waals surface area contributed by atoms with E-state index >= 15 is 0 Å². The van der Waals surface area contributed by atoms with Gasteiger partial charge in [0, 0.05) is 11.6 Å². The molecule has 1 rings (SSSR count). The predicted octanol–water partition coefficient (Wildman–Crippen LogP) is 0.391. The lowest BCUT2D eigenvalue weighted by atomic mass is 10.2. The summed E-state index contributed by atoms with van der Waals surface area (Å²) in [5, 5.41) is 2.84. The fraction of sp³-hybridized carbons (Fsp3) is 0.625. The molecule has 86 valence electrons. The SMILES string of the molecule is Cc1nc(C(CCS(C)(=O)=O)NN)cs1. The Morgan fingerprint density at radius 2 is 2.33 bits per heavy atom. The molecular formula is C8H15N3O2S2. The molecule has 0 bridgehead atoms. The van der Waals surface area contributed by atoms with E-state index in [2.05, 4.69) is 10.4 Å². The van der Waals surface area contributed by atoms with Crippen molar-refractivity contribution in [2.24, 2.45) is 5.84 Å². The van der Waals surface area contributed by atoms with Crippen LogP contribution >= 0.6 is 11.3 Å². The molecule has 0 fully saturated rings. The molecule has 1 unspecified atom stereocenters. The first kappa shape index (κ1) is 12.6. The summed E-state index contributed by atoms with van der Waals surface area (Å²) in [4.78, 5) is 4.26. The van der Waals surface area contributed by atoms with Gasteiger partial charge >= 0.3 is 0 Å². The third kappa shape index (κ3) is 4.25. The van der Waals surface area contributed by atoms with Crippen molar-refractivity contribution < 1.29 is 8.42 Å². The van der Waals surface area contributed by atoms with Crippen molar-refractivity contribution in [2.45, 2.75) is 19.4 Å². The van der Waals surface area contributed by atoms with E-state index in [4.69, 9.17) is 5.84 Å². The molecule has 0 saturated heterocycles. The van der Waals surface area contributed by atoms with Crippen LogP contribution < -0.4 is 11.3 Å². The third-order valence-corrected chi connectivity index (χ3v) is 3.74. The molecule has 7 heteroatoms. The molecule has 1 aromatic heterocycles. The van der Waals surface area contributed by atoms with Crippen LogP contribution in [0.3, 0.4) is 0 Å². The fourth-order valence-electron chi connectivity index (χ4n) is 1.19. The van der Waals surface area contributed by atoms with Gasteiger partial charge in [-0.1, -0.05) is 0 Å². The summed E-state index contributed by atoms with van der Waals surface area (Å²) < 4.78 is 22.0. The molecule has 0 aliphatic rings. The van der Waals surface area contributed by atoms with Crippen LogP contribution in [0.25, 0.3) is 0 Å². The third-order valence-electron chi connectivity index (χ3n) is 1.97. The summed E-state index contributed by atoms with van der Waals surface area (Å²) in [6.45, 7) is 1.90. The maximum absolute atomic E-state index is 11.0. The van der Waals surface area contributed by atoms with Crippen LogP contribution in [0.5, 0.6) is 0 Å². The highest BCUT2D eigenvalue weighted by molar-refractivity contribution is 7.90. The summed E-state index contributed by atoms with van der Waals surface area (Å²) in [5.74, 6) is 5.47. The number of rotatable bonds is 5. The minimum atomic E-state index is -2.95. The van der Waals surface area contributed by atoms with Gasteiger partial charge in [0.15, 0.2) is 0 Å². The minimum absolute atomic E-state index is 0.110. The number of aryl methyl sites for hydroxylation is 1. The number of hydrazine groups is 1. The summed E-state index contributed by atoms with van der Waals surface area (Å²) in [6, 6.07) is -0.190. The van der Waals surface area contributed by atoms with Gasteiger partial charge in [-0.2, -0.15) is 0 Å². The van der Waals surface area contributed by atoms with E-state index in [9.17, 15) is 8.42 Å². The van der Waals surface area contributed by atoms with Gasteiger partial charge in [-0.3, -0.25) is 11.3 Å². The minimum Gasteiger partial charge on any atom is -0.271 e. The Hall–Kier alpha value is -0.500. The van der Waals surface area contributed by atoms with Gasteiger partial charge in [-0.05, 0) is 13.3 Å². The van der Waals surface area contributed by atoms with Crippen molar-refractivity contribution in [1.82, 2.24) is 10.4 Å². The molecule has 0 saturated carbocycles. The number of hydrogen-bond acceptors (Lipinski definition) is 6. The fourth-order valence-corrected chi connectivity index (χ4v) is 2.52. The van der Waals surface area contributed by atoms with Crippen LogP contribution in [0.4, 0.5) is 0 Å². The monoisotopic (exact) mass is 249 g/mol. The summed E-state index contributed by atoms with van der Waals surface area (Å²) in [7, 11) is -2.95. The lowest BCUT2D eigenvalue weighted by Crippen LogP contribution is -2.29. The number of nitrogens with zero attached hydrogens (tertiary/aromatic N) is 1. The second-order valence-electron chi connectivity index (χ2n) is 3.43. The second kappa shape index (κ2) is 5.02. The number of nitrogens with two attached hydrogens (primary N) is 1. The van der Waals surface area contributed by atoms with Gasteiger partial charge in [-0.25, -0.2) is 13.4 Å². The van der Waals surface area contributed by atoms with Crippen LogP contribution in [0.1, 0.15) is 23.2 Å². The molecule has 5 nitrogen and oxygen atoms in total. The van der Waals surface area contributed by atoms with E-state index in [0.29, 0.717) is 6.42 Å². The van der Waals surface area contributed by atoms with E-state index in [1.54, 1.807) is 0 Å². The Morgan fingerprint density at radius 1 is 1.67 bits per heavy atom. The molecule has 0 aliphatic carbocycles. The van der Waals surface area contributed by atoms with Gasteiger partial charge in [0.25, 0.3) is 0 Å². The molecule has 0 amide bonds. The first-order valence-electron chi connectivity index (χ1n) is 4.48. The molecule has 1 atom stereocenters. The van der Waals surface area contributed by atoms with Gasteiger partial charge in [0.2, 0.25) is 0 Å². The Morgan fingerprint density at radius 3 is 2.73 bits per heavy atom. The molecule has 1 aromatic rings. The average molecular weight is 249 g/mol. The Labute approximate surface area is 93.6 Å². The highest BCUT2D eigenvalue weighted by Crippen LogP contribution is 2.18. The van der Waals surface area contributed by atoms with E-state index in [-0.39, 0.29) is 11.8 Å². The zero-order valence-corrected chi connectivity index (χ0v) is 10.4. The molecule has 0 aliphatic heterocycles. The highest BCUT2D eigenvalue weighted by atomic mass is 32.2. The van der Waals surface area contributed by atoms with Gasteiger partial charge in [-0.15, -0.1) is 11.3 Å². The quantitative estimate of drug-likeness (QED) is 0.582. The zero-order chi connectivity index (χ0) is 11.5. The zero-order valence-electron chi connectivity index (χ0n) is 8.73. The number of nitrogens with one attached hydrogen (secondary N) is 1. The van der Waals surface area contributed by atoms with E-state index < -0.39 is 9.84 Å². The molecule has 0 aromatic carbocycles. The summed E-state index contributed by atoms with van der Waals surface area (Å²) >= 11 is 1.53. The number of sulfone groups is 1. The van der Waals surface area contributed by atoms with Crippen LogP contribution in [0.15, 0.2) is 5.38 Å². The van der Waals surface area contributed by atoms with Crippen molar-refractivity contribution in [3.63, 3.8) is 0 Å². The number of aromatic nitrogens is 1. The molecular weight excluding hydrogens is 234 g/mol. The van der Waals surface area contributed by atoms with Crippen LogP contribution in [-0.4, -0.2) is 25.4 Å². The molecule has 0 radical (unpaired) electrons. The van der Waals surface area contributed by atoms with Crippen molar-refractivity contribution in [1.29, 1.82) is 0 Å². The smallest absolute Gasteiger partial charge is 0.147 e. The van der Waals surface area contributed by atoms with Crippen LogP contribution in [0.2, 0.25) is 0 Å². The van der Waals surface area contributed by atoms with Crippen LogP contribution in [0, 0.1) is 6.92 Å².